The molecule has 0 spiro atoms. The van der Waals surface area contributed by atoms with Gasteiger partial charge in [0.15, 0.2) is 9.84 Å². The van der Waals surface area contributed by atoms with Gasteiger partial charge in [-0.05, 0) is 41.8 Å². The summed E-state index contributed by atoms with van der Waals surface area (Å²) in [6.07, 6.45) is 0. The Labute approximate surface area is 210 Å². The van der Waals surface area contributed by atoms with E-state index in [1.807, 2.05) is 0 Å². The van der Waals surface area contributed by atoms with Crippen molar-refractivity contribution in [1.82, 2.24) is 0 Å². The molecule has 15 nitrogen and oxygen atoms in total. The lowest BCUT2D eigenvalue weighted by atomic mass is 10.1. The Balaban J connectivity index is 2.14. The van der Waals surface area contributed by atoms with E-state index in [0.717, 1.165) is 24.3 Å². The molecule has 3 rings (SSSR count). The first-order chi connectivity index (χ1) is 16.9. The van der Waals surface area contributed by atoms with Crippen molar-refractivity contribution in [3.63, 3.8) is 0 Å². The standard InChI is InChI=1S/C18H16N2O13S4/c21-16-5-2-11-1-3-13(35(24,25)26)9-14(11)18(16)20-19-15-10-12(4-6-17(15)36(27,28)29)34(22,23)8-7-33-37(30,31)32/h1-6,9-10,21H,7-8H2,(H,24,25,26)(H,27,28,29)(H,30,31,32)/b20-19+. The van der Waals surface area contributed by atoms with Crippen LogP contribution in [0.15, 0.2) is 73.4 Å². The Hall–Kier alpha value is -3.04. The van der Waals surface area contributed by atoms with E-state index in [1.165, 1.54) is 12.1 Å². The van der Waals surface area contributed by atoms with Crippen LogP contribution < -0.4 is 0 Å². The molecular weight excluding hydrogens is 580 g/mol. The molecule has 37 heavy (non-hydrogen) atoms. The minimum absolute atomic E-state index is 0.0431. The van der Waals surface area contributed by atoms with Crippen LogP contribution in [0.5, 0.6) is 5.75 Å². The molecule has 0 fully saturated rings. The van der Waals surface area contributed by atoms with Gasteiger partial charge < -0.3 is 5.11 Å². The monoisotopic (exact) mass is 596 g/mol. The fraction of sp³-hybridized carbons (Fsp3) is 0.111. The summed E-state index contributed by atoms with van der Waals surface area (Å²) in [5.41, 5.74) is -1.11. The number of nitrogens with zero attached hydrogens (tertiary/aromatic N) is 2. The normalized spacial score (nSPS) is 13.4. The third-order valence-electron chi connectivity index (χ3n) is 4.65. The summed E-state index contributed by atoms with van der Waals surface area (Å²) in [5, 5.41) is 17.9. The van der Waals surface area contributed by atoms with E-state index in [9.17, 15) is 47.9 Å². The molecule has 19 heteroatoms. The van der Waals surface area contributed by atoms with Crippen molar-refractivity contribution in [3.8, 4) is 5.75 Å². The molecule has 0 unspecified atom stereocenters. The van der Waals surface area contributed by atoms with Gasteiger partial charge >= 0.3 is 10.4 Å². The lowest BCUT2D eigenvalue weighted by Gasteiger charge is -2.08. The molecule has 4 N–H and O–H groups in total. The van der Waals surface area contributed by atoms with Gasteiger partial charge in [0.25, 0.3) is 20.2 Å². The lowest BCUT2D eigenvalue weighted by Crippen LogP contribution is -2.15. The Morgan fingerprint density at radius 1 is 0.730 bits per heavy atom. The second-order valence-corrected chi connectivity index (χ2v) is 13.2. The van der Waals surface area contributed by atoms with E-state index in [0.29, 0.717) is 17.5 Å². The van der Waals surface area contributed by atoms with Crippen LogP contribution in [0.1, 0.15) is 0 Å². The van der Waals surface area contributed by atoms with E-state index in [2.05, 4.69) is 14.4 Å². The summed E-state index contributed by atoms with van der Waals surface area (Å²) in [5.74, 6) is -1.51. The molecule has 0 amide bonds. The summed E-state index contributed by atoms with van der Waals surface area (Å²) in [7, 11) is -18.9. The number of azo groups is 1. The largest absolute Gasteiger partial charge is 0.506 e. The molecule has 0 saturated carbocycles. The van der Waals surface area contributed by atoms with Gasteiger partial charge in [0, 0.05) is 5.39 Å². The molecule has 0 bridgehead atoms. The average Bonchev–Trinajstić information content (AvgIpc) is 2.75. The van der Waals surface area contributed by atoms with Gasteiger partial charge in [-0.3, -0.25) is 13.7 Å². The van der Waals surface area contributed by atoms with Crippen molar-refractivity contribution in [1.29, 1.82) is 0 Å². The molecule has 3 aromatic rings. The number of hydrogen-bond donors (Lipinski definition) is 4. The number of benzene rings is 3. The lowest BCUT2D eigenvalue weighted by molar-refractivity contribution is 0.284. The minimum atomic E-state index is -4.98. The summed E-state index contributed by atoms with van der Waals surface area (Å²) in [6, 6.07) is 7.99. The van der Waals surface area contributed by atoms with E-state index in [4.69, 9.17) is 4.55 Å². The van der Waals surface area contributed by atoms with E-state index in [1.54, 1.807) is 0 Å². The van der Waals surface area contributed by atoms with Crippen molar-refractivity contribution in [2.75, 3.05) is 12.4 Å². The first kappa shape index (κ1) is 28.5. The van der Waals surface area contributed by atoms with Crippen molar-refractivity contribution in [2.24, 2.45) is 10.2 Å². The topological polar surface area (TPSA) is 251 Å². The second kappa shape index (κ2) is 10.0. The van der Waals surface area contributed by atoms with Crippen LogP contribution in [0, 0.1) is 0 Å². The summed E-state index contributed by atoms with van der Waals surface area (Å²) >= 11 is 0. The maximum atomic E-state index is 12.5. The fourth-order valence-electron chi connectivity index (χ4n) is 2.99. The maximum absolute atomic E-state index is 12.5. The molecule has 0 atom stereocenters. The van der Waals surface area contributed by atoms with Crippen molar-refractivity contribution in [3.05, 3.63) is 48.5 Å². The quantitative estimate of drug-likeness (QED) is 0.204. The SMILES string of the molecule is O=S(=O)(O)OCCS(=O)(=O)c1ccc(S(=O)(=O)O)c(/N=N/c2c(O)ccc3ccc(S(=O)(=O)O)cc23)c1. The number of rotatable bonds is 9. The van der Waals surface area contributed by atoms with Gasteiger partial charge in [-0.15, -0.1) is 10.2 Å². The highest BCUT2D eigenvalue weighted by molar-refractivity contribution is 7.91. The van der Waals surface area contributed by atoms with Crippen LogP contribution in [0.25, 0.3) is 10.8 Å². The third kappa shape index (κ3) is 7.05. The van der Waals surface area contributed by atoms with E-state index < -0.39 is 79.0 Å². The number of fused-ring (bicyclic) bond motifs is 1. The number of hydrogen-bond acceptors (Lipinski definition) is 12. The smallest absolute Gasteiger partial charge is 0.397 e. The molecule has 3 aromatic carbocycles. The highest BCUT2D eigenvalue weighted by Crippen LogP contribution is 2.38. The molecule has 0 aliphatic heterocycles. The Bertz CT molecular complexity index is 1850. The summed E-state index contributed by atoms with van der Waals surface area (Å²) in [6.45, 7) is -0.974. The van der Waals surface area contributed by atoms with Crippen molar-refractivity contribution >= 4 is 62.6 Å². The Kier molecular flexibility index (Phi) is 7.73. The van der Waals surface area contributed by atoms with Gasteiger partial charge in [-0.1, -0.05) is 12.1 Å². The van der Waals surface area contributed by atoms with Gasteiger partial charge in [-0.25, -0.2) is 12.6 Å². The van der Waals surface area contributed by atoms with Crippen LogP contribution >= 0.6 is 0 Å². The molecular formula is C18H16N2O13S4. The van der Waals surface area contributed by atoms with Crippen LogP contribution in [-0.4, -0.2) is 64.8 Å². The predicted molar refractivity (Wildman–Crippen MR) is 125 cm³/mol. The van der Waals surface area contributed by atoms with Gasteiger partial charge in [-0.2, -0.15) is 25.3 Å². The zero-order valence-electron chi connectivity index (χ0n) is 18.0. The van der Waals surface area contributed by atoms with Crippen molar-refractivity contribution < 1.29 is 56.6 Å². The number of phenols is 1. The maximum Gasteiger partial charge on any atom is 0.397 e. The number of aromatic hydroxyl groups is 1. The number of sulfone groups is 1. The van der Waals surface area contributed by atoms with Crippen LogP contribution in [0.3, 0.4) is 0 Å². The Morgan fingerprint density at radius 2 is 1.35 bits per heavy atom. The van der Waals surface area contributed by atoms with E-state index in [-0.39, 0.29) is 11.1 Å². The zero-order valence-corrected chi connectivity index (χ0v) is 21.3. The molecule has 0 aromatic heterocycles. The molecule has 0 heterocycles. The van der Waals surface area contributed by atoms with Gasteiger partial charge in [0.2, 0.25) is 0 Å². The fourth-order valence-corrected chi connectivity index (χ4v) is 5.61. The molecule has 0 aliphatic carbocycles. The third-order valence-corrected chi connectivity index (χ3v) is 8.54. The minimum Gasteiger partial charge on any atom is -0.506 e. The zero-order chi connectivity index (χ0) is 27.8. The first-order valence-corrected chi connectivity index (χ1v) is 15.4. The Morgan fingerprint density at radius 3 is 1.95 bits per heavy atom. The molecule has 0 radical (unpaired) electrons. The molecule has 0 saturated heterocycles. The van der Waals surface area contributed by atoms with E-state index >= 15 is 0 Å². The van der Waals surface area contributed by atoms with Gasteiger partial charge in [0.1, 0.15) is 22.0 Å². The second-order valence-electron chi connectivity index (χ2n) is 7.16. The molecule has 200 valence electrons. The average molecular weight is 597 g/mol. The van der Waals surface area contributed by atoms with Crippen LogP contribution in [-0.2, 0) is 44.7 Å². The van der Waals surface area contributed by atoms with Crippen LogP contribution in [0.4, 0.5) is 11.4 Å². The first-order valence-electron chi connectivity index (χ1n) is 9.50. The van der Waals surface area contributed by atoms with Crippen molar-refractivity contribution in [2.45, 2.75) is 14.7 Å². The highest BCUT2D eigenvalue weighted by atomic mass is 32.3. The molecule has 0 aliphatic rings. The summed E-state index contributed by atoms with van der Waals surface area (Å²) in [4.78, 5) is -2.03. The van der Waals surface area contributed by atoms with Gasteiger partial charge in [0.05, 0.1) is 22.2 Å². The number of phenolic OH excluding ortho intramolecular Hbond substituents is 1. The summed E-state index contributed by atoms with van der Waals surface area (Å²) < 4.78 is 124. The highest BCUT2D eigenvalue weighted by Gasteiger charge is 2.22. The predicted octanol–water partition coefficient (Wildman–Crippen LogP) is 2.05. The van der Waals surface area contributed by atoms with Crippen LogP contribution in [0.2, 0.25) is 0 Å².